The first kappa shape index (κ1) is 22.3. The van der Waals surface area contributed by atoms with E-state index in [0.29, 0.717) is 11.5 Å². The average molecular weight is 411 g/mol. The number of hydrogen-bond acceptors (Lipinski definition) is 8. The Morgan fingerprint density at radius 1 is 0.769 bits per heavy atom. The highest BCUT2D eigenvalue weighted by Gasteiger charge is 2.10. The van der Waals surface area contributed by atoms with E-state index in [1.165, 1.54) is 0 Å². The summed E-state index contributed by atoms with van der Waals surface area (Å²) in [4.78, 5) is 21.7. The van der Waals surface area contributed by atoms with Gasteiger partial charge in [-0.25, -0.2) is 0 Å². The molecule has 0 saturated heterocycles. The fourth-order valence-corrected chi connectivity index (χ4v) is 1.72. The molecule has 0 spiro atoms. The molecule has 10 heteroatoms. The van der Waals surface area contributed by atoms with Crippen LogP contribution >= 0.6 is 23.2 Å². The molecule has 0 fully saturated rings. The van der Waals surface area contributed by atoms with Crippen LogP contribution in [0.5, 0.6) is 11.5 Å². The average Bonchev–Trinajstić information content (AvgIpc) is 2.67. The maximum absolute atomic E-state index is 10.9. The number of alkyl halides is 2. The molecule has 26 heavy (non-hydrogen) atoms. The molecular weight excluding hydrogens is 391 g/mol. The van der Waals surface area contributed by atoms with Gasteiger partial charge < -0.3 is 29.2 Å². The Labute approximate surface area is 160 Å². The topological polar surface area (TPSA) is 112 Å². The van der Waals surface area contributed by atoms with E-state index in [4.69, 9.17) is 32.7 Å². The van der Waals surface area contributed by atoms with Crippen LogP contribution in [0.2, 0.25) is 0 Å². The predicted octanol–water partition coefficient (Wildman–Crippen LogP) is 0.730. The molecule has 2 N–H and O–H groups in total. The molecule has 146 valence electrons. The van der Waals surface area contributed by atoms with E-state index in [0.717, 1.165) is 0 Å². The summed E-state index contributed by atoms with van der Waals surface area (Å²) in [6.45, 7) is -0.557. The molecule has 1 aromatic carbocycles. The molecular formula is C16H20Cl2O8. The highest BCUT2D eigenvalue weighted by molar-refractivity contribution is 6.26. The molecule has 8 nitrogen and oxygen atoms in total. The number of halogens is 2. The van der Waals surface area contributed by atoms with Gasteiger partial charge in [0.25, 0.3) is 0 Å². The van der Waals surface area contributed by atoms with Gasteiger partial charge in [-0.05, 0) is 24.3 Å². The summed E-state index contributed by atoms with van der Waals surface area (Å²) < 4.78 is 20.0. The lowest BCUT2D eigenvalue weighted by Crippen LogP contribution is -2.25. The fraction of sp³-hybridized carbons (Fsp3) is 0.500. The molecule has 1 aromatic rings. The van der Waals surface area contributed by atoms with Crippen molar-refractivity contribution in [2.45, 2.75) is 12.2 Å². The molecule has 0 heterocycles. The van der Waals surface area contributed by atoms with Crippen molar-refractivity contribution in [3.05, 3.63) is 24.3 Å². The lowest BCUT2D eigenvalue weighted by molar-refractivity contribution is -0.144. The fourth-order valence-electron chi connectivity index (χ4n) is 1.57. The Bertz CT molecular complexity index is 503. The van der Waals surface area contributed by atoms with Gasteiger partial charge in [0, 0.05) is 0 Å². The molecule has 0 bridgehead atoms. The van der Waals surface area contributed by atoms with Crippen LogP contribution in [0.25, 0.3) is 0 Å². The predicted molar refractivity (Wildman–Crippen MR) is 92.8 cm³/mol. The first-order chi connectivity index (χ1) is 12.4. The Hall–Kier alpha value is -1.74. The summed E-state index contributed by atoms with van der Waals surface area (Å²) in [7, 11) is 0. The quantitative estimate of drug-likeness (QED) is 0.383. The van der Waals surface area contributed by atoms with Crippen molar-refractivity contribution in [1.29, 1.82) is 0 Å². The maximum Gasteiger partial charge on any atom is 0.320 e. The van der Waals surface area contributed by atoms with Crippen LogP contribution in [-0.4, -0.2) is 72.5 Å². The van der Waals surface area contributed by atoms with Crippen LogP contribution < -0.4 is 9.47 Å². The van der Waals surface area contributed by atoms with Gasteiger partial charge in [0.15, 0.2) is 0 Å². The van der Waals surface area contributed by atoms with E-state index in [-0.39, 0.29) is 38.2 Å². The third-order valence-electron chi connectivity index (χ3n) is 2.80. The number of aliphatic hydroxyl groups is 2. The van der Waals surface area contributed by atoms with Crippen LogP contribution in [0.1, 0.15) is 0 Å². The summed E-state index contributed by atoms with van der Waals surface area (Å²) >= 11 is 10.5. The molecule has 0 radical (unpaired) electrons. The first-order valence-electron chi connectivity index (χ1n) is 7.59. The summed E-state index contributed by atoms with van der Waals surface area (Å²) in [6, 6.07) is 6.42. The number of rotatable bonds is 12. The highest BCUT2D eigenvalue weighted by Crippen LogP contribution is 2.18. The van der Waals surface area contributed by atoms with Gasteiger partial charge in [-0.1, -0.05) is 0 Å². The second-order valence-electron chi connectivity index (χ2n) is 5.03. The third kappa shape index (κ3) is 9.67. The number of esters is 2. The van der Waals surface area contributed by atoms with Gasteiger partial charge in [-0.3, -0.25) is 9.59 Å². The van der Waals surface area contributed by atoms with Crippen molar-refractivity contribution in [3.63, 3.8) is 0 Å². The smallest absolute Gasteiger partial charge is 0.320 e. The normalized spacial score (nSPS) is 12.8. The second kappa shape index (κ2) is 12.6. The zero-order chi connectivity index (χ0) is 19.4. The molecule has 1 rings (SSSR count). The van der Waals surface area contributed by atoms with Gasteiger partial charge in [0.05, 0.1) is 0 Å². The van der Waals surface area contributed by atoms with Crippen molar-refractivity contribution in [3.8, 4) is 11.5 Å². The first-order valence-corrected chi connectivity index (χ1v) is 8.66. The van der Waals surface area contributed by atoms with E-state index < -0.39 is 24.1 Å². The van der Waals surface area contributed by atoms with E-state index in [1.54, 1.807) is 24.3 Å². The van der Waals surface area contributed by atoms with Crippen molar-refractivity contribution in [2.24, 2.45) is 0 Å². The monoisotopic (exact) mass is 410 g/mol. The second-order valence-corrected chi connectivity index (χ2v) is 5.57. The number of carbonyl (C=O) groups is 2. The van der Waals surface area contributed by atoms with Crippen LogP contribution in [0.3, 0.4) is 0 Å². The Morgan fingerprint density at radius 3 is 1.42 bits per heavy atom. The van der Waals surface area contributed by atoms with Crippen LogP contribution in [-0.2, 0) is 19.1 Å². The number of aliphatic hydroxyl groups excluding tert-OH is 2. The standard InChI is InChI=1S/C16H20Cl2O8/c17-5-15(21)25-9-11(19)7-23-13-1-2-14(4-3-13)24-8-12(20)10-26-16(22)6-18/h1-4,11-12,19-20H,5-10H2. The maximum atomic E-state index is 10.9. The minimum absolute atomic E-state index is 0.0690. The third-order valence-corrected chi connectivity index (χ3v) is 3.24. The summed E-state index contributed by atoms with van der Waals surface area (Å²) in [5.74, 6) is -0.857. The largest absolute Gasteiger partial charge is 0.491 e. The molecule has 0 aromatic heterocycles. The number of carbonyl (C=O) groups excluding carboxylic acids is 2. The zero-order valence-corrected chi connectivity index (χ0v) is 15.3. The van der Waals surface area contributed by atoms with E-state index >= 15 is 0 Å². The summed E-state index contributed by atoms with van der Waals surface area (Å²) in [5.41, 5.74) is 0. The summed E-state index contributed by atoms with van der Waals surface area (Å²) in [5, 5.41) is 19.2. The summed E-state index contributed by atoms with van der Waals surface area (Å²) in [6.07, 6.45) is -1.96. The van der Waals surface area contributed by atoms with Gasteiger partial charge in [0.1, 0.15) is 61.9 Å². The van der Waals surface area contributed by atoms with Crippen molar-refractivity contribution < 1.29 is 38.7 Å². The Kier molecular flexibility index (Phi) is 10.8. The van der Waals surface area contributed by atoms with E-state index in [9.17, 15) is 19.8 Å². The molecule has 2 unspecified atom stereocenters. The highest BCUT2D eigenvalue weighted by atomic mass is 35.5. The number of benzene rings is 1. The van der Waals surface area contributed by atoms with Crippen molar-refractivity contribution >= 4 is 35.1 Å². The minimum Gasteiger partial charge on any atom is -0.491 e. The van der Waals surface area contributed by atoms with Crippen LogP contribution in [0.15, 0.2) is 24.3 Å². The SMILES string of the molecule is O=C(CCl)OCC(O)COc1ccc(OCC(O)COC(=O)CCl)cc1. The van der Waals surface area contributed by atoms with Crippen LogP contribution in [0, 0.1) is 0 Å². The molecule has 0 aliphatic carbocycles. The molecule has 0 amide bonds. The molecule has 2 atom stereocenters. The van der Waals surface area contributed by atoms with Gasteiger partial charge in [0.2, 0.25) is 0 Å². The van der Waals surface area contributed by atoms with E-state index in [1.807, 2.05) is 0 Å². The van der Waals surface area contributed by atoms with Crippen LogP contribution in [0.4, 0.5) is 0 Å². The molecule has 0 aliphatic rings. The van der Waals surface area contributed by atoms with Gasteiger partial charge in [-0.2, -0.15) is 0 Å². The minimum atomic E-state index is -0.982. The number of ether oxygens (including phenoxy) is 4. The molecule has 0 saturated carbocycles. The van der Waals surface area contributed by atoms with Crippen molar-refractivity contribution in [1.82, 2.24) is 0 Å². The lowest BCUT2D eigenvalue weighted by Gasteiger charge is -2.14. The Balaban J connectivity index is 2.28. The molecule has 0 aliphatic heterocycles. The van der Waals surface area contributed by atoms with Gasteiger partial charge >= 0.3 is 11.9 Å². The number of hydrogen-bond donors (Lipinski definition) is 2. The lowest BCUT2D eigenvalue weighted by atomic mass is 10.3. The van der Waals surface area contributed by atoms with Crippen molar-refractivity contribution in [2.75, 3.05) is 38.2 Å². The zero-order valence-electron chi connectivity index (χ0n) is 13.8. The Morgan fingerprint density at radius 2 is 1.12 bits per heavy atom. The van der Waals surface area contributed by atoms with Gasteiger partial charge in [-0.15, -0.1) is 23.2 Å². The van der Waals surface area contributed by atoms with E-state index in [2.05, 4.69) is 9.47 Å².